The van der Waals surface area contributed by atoms with E-state index in [1.165, 1.54) is 18.2 Å². The highest BCUT2D eigenvalue weighted by molar-refractivity contribution is 6.02. The summed E-state index contributed by atoms with van der Waals surface area (Å²) in [7, 11) is 0. The molecular weight excluding hydrogens is 382 g/mol. The summed E-state index contributed by atoms with van der Waals surface area (Å²) >= 11 is 0. The van der Waals surface area contributed by atoms with E-state index in [2.05, 4.69) is 4.74 Å². The molecule has 0 saturated carbocycles. The molecule has 0 saturated heterocycles. The summed E-state index contributed by atoms with van der Waals surface area (Å²) in [5.74, 6) is -0.515. The van der Waals surface area contributed by atoms with Gasteiger partial charge in [-0.2, -0.15) is 0 Å². The highest BCUT2D eigenvalue weighted by Gasteiger charge is 2.31. The van der Waals surface area contributed by atoms with Crippen LogP contribution in [-0.4, -0.2) is 12.1 Å². The first-order valence-corrected chi connectivity index (χ1v) is 9.17. The van der Waals surface area contributed by atoms with Gasteiger partial charge in [-0.05, 0) is 47.7 Å². The largest absolute Gasteiger partial charge is 0.573 e. The number of rotatable bonds is 4. The topological polar surface area (TPSA) is 21.6 Å². The van der Waals surface area contributed by atoms with Gasteiger partial charge in [0.25, 0.3) is 0 Å². The predicted molar refractivity (Wildman–Crippen MR) is 103 cm³/mol. The fraction of sp³-hybridized carbons (Fsp3) is 0.174. The van der Waals surface area contributed by atoms with Crippen molar-refractivity contribution in [2.45, 2.75) is 25.2 Å². The molecule has 1 aliphatic heterocycles. The molecule has 4 rings (SSSR count). The molecule has 2 nitrogen and oxygen atoms in total. The van der Waals surface area contributed by atoms with Crippen LogP contribution in [0.25, 0.3) is 11.1 Å². The van der Waals surface area contributed by atoms with Crippen LogP contribution in [0.2, 0.25) is 0 Å². The minimum absolute atomic E-state index is 0.0267. The Hall–Kier alpha value is -3.15. The van der Waals surface area contributed by atoms with Crippen molar-refractivity contribution < 1.29 is 22.3 Å². The van der Waals surface area contributed by atoms with Crippen molar-refractivity contribution in [3.05, 3.63) is 89.7 Å². The summed E-state index contributed by atoms with van der Waals surface area (Å²) in [5.41, 5.74) is 4.01. The van der Waals surface area contributed by atoms with Gasteiger partial charge in [0, 0.05) is 11.3 Å². The summed E-state index contributed by atoms with van der Waals surface area (Å²) in [6.45, 7) is 0. The molecule has 1 unspecified atom stereocenters. The molecule has 0 spiro atoms. The van der Waals surface area contributed by atoms with Crippen molar-refractivity contribution >= 4 is 5.71 Å². The third kappa shape index (κ3) is 4.47. The van der Waals surface area contributed by atoms with Crippen molar-refractivity contribution in [1.29, 1.82) is 0 Å². The van der Waals surface area contributed by atoms with E-state index in [-0.39, 0.29) is 17.6 Å². The van der Waals surface area contributed by atoms with Crippen molar-refractivity contribution in [3.63, 3.8) is 0 Å². The highest BCUT2D eigenvalue weighted by Crippen LogP contribution is 2.33. The quantitative estimate of drug-likeness (QED) is 0.447. The van der Waals surface area contributed by atoms with Crippen LogP contribution < -0.4 is 4.74 Å². The van der Waals surface area contributed by atoms with Crippen LogP contribution in [-0.2, 0) is 0 Å². The van der Waals surface area contributed by atoms with E-state index in [9.17, 15) is 17.6 Å². The maximum Gasteiger partial charge on any atom is 0.573 e. The molecule has 3 aromatic rings. The van der Waals surface area contributed by atoms with Crippen LogP contribution in [0.1, 0.15) is 30.0 Å². The molecule has 0 bridgehead atoms. The molecule has 0 aliphatic carbocycles. The molecule has 29 heavy (non-hydrogen) atoms. The summed E-state index contributed by atoms with van der Waals surface area (Å²) in [5, 5.41) is 0. The Labute approximate surface area is 165 Å². The Morgan fingerprint density at radius 1 is 0.828 bits per heavy atom. The molecule has 1 aliphatic rings. The van der Waals surface area contributed by atoms with Crippen LogP contribution >= 0.6 is 0 Å². The van der Waals surface area contributed by atoms with Gasteiger partial charge in [0.05, 0.1) is 6.04 Å². The van der Waals surface area contributed by atoms with E-state index in [4.69, 9.17) is 4.99 Å². The Morgan fingerprint density at radius 2 is 1.45 bits per heavy atom. The van der Waals surface area contributed by atoms with Crippen LogP contribution in [0.5, 0.6) is 5.75 Å². The fourth-order valence-electron chi connectivity index (χ4n) is 3.48. The molecule has 3 aromatic carbocycles. The molecule has 0 N–H and O–H groups in total. The average molecular weight is 399 g/mol. The Morgan fingerprint density at radius 3 is 2.07 bits per heavy atom. The zero-order chi connectivity index (χ0) is 20.4. The van der Waals surface area contributed by atoms with Crippen molar-refractivity contribution in [3.8, 4) is 16.9 Å². The molecule has 1 atom stereocenters. The fourth-order valence-corrected chi connectivity index (χ4v) is 3.48. The number of benzene rings is 3. The lowest BCUT2D eigenvalue weighted by atomic mass is 9.99. The first-order chi connectivity index (χ1) is 13.9. The lowest BCUT2D eigenvalue weighted by molar-refractivity contribution is -0.274. The van der Waals surface area contributed by atoms with Crippen LogP contribution in [0, 0.1) is 5.82 Å². The van der Waals surface area contributed by atoms with Gasteiger partial charge >= 0.3 is 6.36 Å². The summed E-state index contributed by atoms with van der Waals surface area (Å²) in [6, 6.07) is 20.1. The molecule has 0 fully saturated rings. The molecule has 148 valence electrons. The molecule has 1 heterocycles. The van der Waals surface area contributed by atoms with Crippen LogP contribution in [0.4, 0.5) is 17.6 Å². The second kappa shape index (κ2) is 7.70. The van der Waals surface area contributed by atoms with Gasteiger partial charge in [-0.3, -0.25) is 4.99 Å². The number of hydrogen-bond acceptors (Lipinski definition) is 2. The average Bonchev–Trinajstić information content (AvgIpc) is 3.18. The molecule has 6 heteroatoms. The van der Waals surface area contributed by atoms with E-state index in [1.54, 1.807) is 30.3 Å². The standard InChI is InChI=1S/C23H17F4NO/c24-20-4-2-1-3-19(20)22-14-13-21(28-22)17-7-5-15(6-8-17)16-9-11-18(12-10-16)29-23(25,26)27/h1-12,21H,13-14H2. The first-order valence-electron chi connectivity index (χ1n) is 9.17. The summed E-state index contributed by atoms with van der Waals surface area (Å²) in [6.07, 6.45) is -3.17. The highest BCUT2D eigenvalue weighted by atomic mass is 19.4. The minimum atomic E-state index is -4.70. The zero-order valence-electron chi connectivity index (χ0n) is 15.3. The number of aliphatic imine (C=N–C) groups is 1. The molecule has 0 radical (unpaired) electrons. The summed E-state index contributed by atoms with van der Waals surface area (Å²) in [4.78, 5) is 4.69. The minimum Gasteiger partial charge on any atom is -0.406 e. The zero-order valence-corrected chi connectivity index (χ0v) is 15.3. The molecule has 0 aromatic heterocycles. The van der Waals surface area contributed by atoms with E-state index in [1.807, 2.05) is 24.3 Å². The summed E-state index contributed by atoms with van der Waals surface area (Å²) < 4.78 is 54.7. The Kier molecular flexibility index (Phi) is 5.09. The lowest BCUT2D eigenvalue weighted by Crippen LogP contribution is -2.16. The Balaban J connectivity index is 1.49. The first kappa shape index (κ1) is 19.2. The number of ether oxygens (including phenoxy) is 1. The third-order valence-corrected chi connectivity index (χ3v) is 4.87. The number of hydrogen-bond donors (Lipinski definition) is 0. The number of halogens is 4. The van der Waals surface area contributed by atoms with Crippen molar-refractivity contribution in [1.82, 2.24) is 0 Å². The second-order valence-corrected chi connectivity index (χ2v) is 6.80. The van der Waals surface area contributed by atoms with Crippen LogP contribution in [0.15, 0.2) is 77.8 Å². The Bertz CT molecular complexity index is 1020. The van der Waals surface area contributed by atoms with Gasteiger partial charge in [0.15, 0.2) is 0 Å². The third-order valence-electron chi connectivity index (χ3n) is 4.87. The van der Waals surface area contributed by atoms with Gasteiger partial charge in [-0.1, -0.05) is 54.6 Å². The van der Waals surface area contributed by atoms with Crippen molar-refractivity contribution in [2.24, 2.45) is 4.99 Å². The number of nitrogens with zero attached hydrogens (tertiary/aromatic N) is 1. The number of alkyl halides is 3. The smallest absolute Gasteiger partial charge is 0.406 e. The van der Waals surface area contributed by atoms with E-state index in [0.29, 0.717) is 12.0 Å². The van der Waals surface area contributed by atoms with Gasteiger partial charge in [0.2, 0.25) is 0 Å². The van der Waals surface area contributed by atoms with E-state index < -0.39 is 6.36 Å². The maximum atomic E-state index is 14.0. The van der Waals surface area contributed by atoms with Gasteiger partial charge in [-0.25, -0.2) is 4.39 Å². The maximum absolute atomic E-state index is 14.0. The van der Waals surface area contributed by atoms with Crippen molar-refractivity contribution in [2.75, 3.05) is 0 Å². The van der Waals surface area contributed by atoms with Gasteiger partial charge < -0.3 is 4.74 Å². The van der Waals surface area contributed by atoms with Gasteiger partial charge in [-0.15, -0.1) is 13.2 Å². The SMILES string of the molecule is Fc1ccccc1C1=NC(c2ccc(-c3ccc(OC(F)(F)F)cc3)cc2)CC1. The van der Waals surface area contributed by atoms with Gasteiger partial charge in [0.1, 0.15) is 11.6 Å². The van der Waals surface area contributed by atoms with E-state index >= 15 is 0 Å². The molecule has 0 amide bonds. The van der Waals surface area contributed by atoms with E-state index in [0.717, 1.165) is 28.8 Å². The predicted octanol–water partition coefficient (Wildman–Crippen LogP) is 6.72. The molecular formula is C23H17F4NO. The second-order valence-electron chi connectivity index (χ2n) is 6.80. The lowest BCUT2D eigenvalue weighted by Gasteiger charge is -2.10. The monoisotopic (exact) mass is 399 g/mol. The van der Waals surface area contributed by atoms with Crippen LogP contribution in [0.3, 0.4) is 0 Å². The normalized spacial score (nSPS) is 16.6.